The van der Waals surface area contributed by atoms with Gasteiger partial charge in [-0.05, 0) is 6.26 Å². The molecule has 1 heterocycles. The van der Waals surface area contributed by atoms with Gasteiger partial charge in [-0.1, -0.05) is 0 Å². The number of fused-ring (bicyclic) bond motifs is 1. The van der Waals surface area contributed by atoms with Gasteiger partial charge in [-0.15, -0.1) is 11.8 Å². The van der Waals surface area contributed by atoms with Gasteiger partial charge in [0.25, 0.3) is 0 Å². The standard InChI is InChI=1S/C9H10O4S/c1-14-6-4-5-9(8(11)7(6)10)13-3-2-12-5/h4,10-11H,2-3H2,1H3. The first kappa shape index (κ1) is 9.33. The second-order valence-corrected chi connectivity index (χ2v) is 3.65. The number of aromatic hydroxyl groups is 2. The Bertz CT molecular complexity index is 364. The highest BCUT2D eigenvalue weighted by molar-refractivity contribution is 7.98. The summed E-state index contributed by atoms with van der Waals surface area (Å²) in [5, 5.41) is 19.1. The summed E-state index contributed by atoms with van der Waals surface area (Å²) in [5.41, 5.74) is 0. The van der Waals surface area contributed by atoms with Crippen LogP contribution in [0.5, 0.6) is 23.0 Å². The average Bonchev–Trinajstić information content (AvgIpc) is 2.23. The number of hydrogen-bond acceptors (Lipinski definition) is 5. The van der Waals surface area contributed by atoms with Crippen molar-refractivity contribution in [1.29, 1.82) is 0 Å². The summed E-state index contributed by atoms with van der Waals surface area (Å²) in [7, 11) is 0. The van der Waals surface area contributed by atoms with Gasteiger partial charge < -0.3 is 19.7 Å². The summed E-state index contributed by atoms with van der Waals surface area (Å²) in [6.45, 7) is 0.851. The minimum atomic E-state index is -0.244. The van der Waals surface area contributed by atoms with Gasteiger partial charge in [0.1, 0.15) is 13.2 Å². The first-order valence-electron chi connectivity index (χ1n) is 4.12. The maximum Gasteiger partial charge on any atom is 0.207 e. The molecule has 2 N–H and O–H groups in total. The van der Waals surface area contributed by atoms with Crippen LogP contribution < -0.4 is 9.47 Å². The molecule has 2 rings (SSSR count). The van der Waals surface area contributed by atoms with Crippen LogP contribution in [0.25, 0.3) is 0 Å². The van der Waals surface area contributed by atoms with Gasteiger partial charge in [0.2, 0.25) is 11.5 Å². The predicted molar refractivity (Wildman–Crippen MR) is 52.5 cm³/mol. The van der Waals surface area contributed by atoms with Crippen LogP contribution >= 0.6 is 11.8 Å². The van der Waals surface area contributed by atoms with Gasteiger partial charge in [0, 0.05) is 6.07 Å². The van der Waals surface area contributed by atoms with E-state index >= 15 is 0 Å². The lowest BCUT2D eigenvalue weighted by Gasteiger charge is -2.20. The molecule has 4 nitrogen and oxygen atoms in total. The molecule has 0 saturated carbocycles. The van der Waals surface area contributed by atoms with Crippen LogP contribution in [0.4, 0.5) is 0 Å². The van der Waals surface area contributed by atoms with E-state index in [0.29, 0.717) is 23.9 Å². The van der Waals surface area contributed by atoms with Gasteiger partial charge >= 0.3 is 0 Å². The van der Waals surface area contributed by atoms with Crippen LogP contribution in [0.1, 0.15) is 0 Å². The Hall–Kier alpha value is -1.23. The summed E-state index contributed by atoms with van der Waals surface area (Å²) < 4.78 is 10.5. The van der Waals surface area contributed by atoms with Gasteiger partial charge in [-0.2, -0.15) is 0 Å². The van der Waals surface area contributed by atoms with Crippen LogP contribution in [-0.4, -0.2) is 29.7 Å². The summed E-state index contributed by atoms with van der Waals surface area (Å²) in [5.74, 6) is 0.316. The Morgan fingerprint density at radius 1 is 1.21 bits per heavy atom. The molecule has 0 spiro atoms. The third kappa shape index (κ3) is 1.33. The number of rotatable bonds is 1. The van der Waals surface area contributed by atoms with E-state index in [1.165, 1.54) is 11.8 Å². The topological polar surface area (TPSA) is 58.9 Å². The minimum absolute atomic E-state index is 0.151. The third-order valence-corrected chi connectivity index (χ3v) is 2.72. The SMILES string of the molecule is CSc1cc2c(c(O)c1O)OCCO2. The van der Waals surface area contributed by atoms with E-state index in [4.69, 9.17) is 9.47 Å². The number of phenols is 2. The van der Waals surface area contributed by atoms with E-state index < -0.39 is 0 Å². The molecule has 0 radical (unpaired) electrons. The van der Waals surface area contributed by atoms with Crippen LogP contribution in [0.2, 0.25) is 0 Å². The highest BCUT2D eigenvalue weighted by Gasteiger charge is 2.21. The molecule has 76 valence electrons. The smallest absolute Gasteiger partial charge is 0.207 e. The largest absolute Gasteiger partial charge is 0.503 e. The summed E-state index contributed by atoms with van der Waals surface area (Å²) in [4.78, 5) is 0.576. The zero-order valence-corrected chi connectivity index (χ0v) is 8.43. The molecule has 0 saturated heterocycles. The van der Waals surface area contributed by atoms with Crippen molar-refractivity contribution >= 4 is 11.8 Å². The number of phenolic OH excluding ortho intramolecular Hbond substituents is 2. The van der Waals surface area contributed by atoms with Crippen LogP contribution in [0.15, 0.2) is 11.0 Å². The molecule has 0 atom stereocenters. The fourth-order valence-corrected chi connectivity index (χ4v) is 1.81. The molecule has 0 amide bonds. The Balaban J connectivity index is 2.57. The highest BCUT2D eigenvalue weighted by Crippen LogP contribution is 2.49. The first-order chi connectivity index (χ1) is 6.74. The molecule has 0 bridgehead atoms. The van der Waals surface area contributed by atoms with Gasteiger partial charge in [0.05, 0.1) is 4.90 Å². The quantitative estimate of drug-likeness (QED) is 0.549. The molecule has 0 aliphatic carbocycles. The second kappa shape index (κ2) is 3.49. The number of hydrogen-bond donors (Lipinski definition) is 2. The van der Waals surface area contributed by atoms with Gasteiger partial charge in [0.15, 0.2) is 11.5 Å². The van der Waals surface area contributed by atoms with Crippen molar-refractivity contribution in [2.24, 2.45) is 0 Å². The van der Waals surface area contributed by atoms with Crippen molar-refractivity contribution in [3.05, 3.63) is 6.07 Å². The highest BCUT2D eigenvalue weighted by atomic mass is 32.2. The molecule has 1 aliphatic rings. The average molecular weight is 214 g/mol. The fourth-order valence-electron chi connectivity index (χ4n) is 1.29. The van der Waals surface area contributed by atoms with Crippen molar-refractivity contribution in [2.45, 2.75) is 4.90 Å². The van der Waals surface area contributed by atoms with E-state index in [-0.39, 0.29) is 17.2 Å². The molecular formula is C9H10O4S. The van der Waals surface area contributed by atoms with Crippen molar-refractivity contribution in [2.75, 3.05) is 19.5 Å². The Labute approximate surface area is 85.5 Å². The summed E-state index contributed by atoms with van der Waals surface area (Å²) >= 11 is 1.34. The van der Waals surface area contributed by atoms with Gasteiger partial charge in [-0.3, -0.25) is 0 Å². The molecule has 14 heavy (non-hydrogen) atoms. The third-order valence-electron chi connectivity index (χ3n) is 1.97. The lowest BCUT2D eigenvalue weighted by molar-refractivity contribution is 0.163. The van der Waals surface area contributed by atoms with E-state index in [2.05, 4.69) is 0 Å². The zero-order valence-electron chi connectivity index (χ0n) is 7.61. The van der Waals surface area contributed by atoms with E-state index in [0.717, 1.165) is 0 Å². The molecule has 0 unspecified atom stereocenters. The molecule has 1 aliphatic heterocycles. The van der Waals surface area contributed by atoms with Crippen LogP contribution in [0.3, 0.4) is 0 Å². The predicted octanol–water partition coefficient (Wildman–Crippen LogP) is 1.59. The molecule has 1 aromatic carbocycles. The number of thioether (sulfide) groups is 1. The Kier molecular flexibility index (Phi) is 2.33. The van der Waals surface area contributed by atoms with E-state index in [1.54, 1.807) is 6.07 Å². The molecule has 1 aromatic rings. The van der Waals surface area contributed by atoms with E-state index in [9.17, 15) is 10.2 Å². The van der Waals surface area contributed by atoms with Crippen LogP contribution in [-0.2, 0) is 0 Å². The molecule has 0 fully saturated rings. The lowest BCUT2D eigenvalue weighted by Crippen LogP contribution is -2.15. The molecule has 0 aromatic heterocycles. The van der Waals surface area contributed by atoms with Crippen molar-refractivity contribution in [3.63, 3.8) is 0 Å². The van der Waals surface area contributed by atoms with Crippen molar-refractivity contribution in [3.8, 4) is 23.0 Å². The first-order valence-corrected chi connectivity index (χ1v) is 5.35. The Morgan fingerprint density at radius 2 is 1.93 bits per heavy atom. The lowest BCUT2D eigenvalue weighted by atomic mass is 10.2. The fraction of sp³-hybridized carbons (Fsp3) is 0.333. The van der Waals surface area contributed by atoms with E-state index in [1.807, 2.05) is 6.26 Å². The molecular weight excluding hydrogens is 204 g/mol. The Morgan fingerprint density at radius 3 is 2.64 bits per heavy atom. The van der Waals surface area contributed by atoms with Crippen molar-refractivity contribution < 1.29 is 19.7 Å². The number of benzene rings is 1. The second-order valence-electron chi connectivity index (χ2n) is 2.80. The van der Waals surface area contributed by atoms with Crippen LogP contribution in [0, 0.1) is 0 Å². The normalized spacial score (nSPS) is 14.1. The monoisotopic (exact) mass is 214 g/mol. The molecule has 5 heteroatoms. The zero-order chi connectivity index (χ0) is 10.1. The van der Waals surface area contributed by atoms with Gasteiger partial charge in [-0.25, -0.2) is 0 Å². The minimum Gasteiger partial charge on any atom is -0.503 e. The maximum atomic E-state index is 9.59. The van der Waals surface area contributed by atoms with Crippen molar-refractivity contribution in [1.82, 2.24) is 0 Å². The maximum absolute atomic E-state index is 9.59. The summed E-state index contributed by atoms with van der Waals surface area (Å²) in [6, 6.07) is 1.66. The summed E-state index contributed by atoms with van der Waals surface area (Å²) in [6.07, 6.45) is 1.81. The number of ether oxygens (including phenoxy) is 2.